The molecule has 0 aliphatic heterocycles. The Balaban J connectivity index is 2.07. The highest BCUT2D eigenvalue weighted by Crippen LogP contribution is 2.33. The first-order chi connectivity index (χ1) is 11.6. The topological polar surface area (TPSA) is 82.8 Å². The number of benzene rings is 2. The van der Waals surface area contributed by atoms with Crippen LogP contribution in [0, 0.1) is 0 Å². The lowest BCUT2D eigenvalue weighted by Gasteiger charge is -2.15. The number of ether oxygens (including phenoxy) is 3. The van der Waals surface area contributed by atoms with E-state index in [1.165, 1.54) is 0 Å². The van der Waals surface area contributed by atoms with Gasteiger partial charge in [0.15, 0.2) is 0 Å². The van der Waals surface area contributed by atoms with Gasteiger partial charge in [-0.15, -0.1) is 0 Å². The summed E-state index contributed by atoms with van der Waals surface area (Å²) in [6.07, 6.45) is 0.279. The van der Waals surface area contributed by atoms with Crippen molar-refractivity contribution >= 4 is 11.6 Å². The third-order valence-corrected chi connectivity index (χ3v) is 3.62. The van der Waals surface area contributed by atoms with Crippen LogP contribution in [0.4, 0.5) is 5.69 Å². The van der Waals surface area contributed by atoms with Crippen molar-refractivity contribution in [2.75, 3.05) is 27.1 Å². The number of nitrogens with two attached hydrogens (primary N) is 1. The molecule has 0 aromatic heterocycles. The Kier molecular flexibility index (Phi) is 5.89. The van der Waals surface area contributed by atoms with Crippen LogP contribution >= 0.6 is 0 Å². The van der Waals surface area contributed by atoms with Crippen molar-refractivity contribution in [1.82, 2.24) is 5.32 Å². The normalized spacial score (nSPS) is 10.1. The summed E-state index contributed by atoms with van der Waals surface area (Å²) in [4.78, 5) is 12.1. The molecule has 0 atom stereocenters. The van der Waals surface area contributed by atoms with Crippen molar-refractivity contribution in [2.24, 2.45) is 0 Å². The maximum Gasteiger partial charge on any atom is 0.224 e. The number of nitrogen functional groups attached to an aromatic ring is 1. The summed E-state index contributed by atoms with van der Waals surface area (Å²) in [5, 5.41) is 2.88. The highest BCUT2D eigenvalue weighted by atomic mass is 16.5. The maximum atomic E-state index is 12.1. The molecule has 0 aliphatic carbocycles. The molecule has 2 aromatic rings. The fourth-order valence-corrected chi connectivity index (χ4v) is 2.32. The minimum Gasteiger partial charge on any atom is -0.496 e. The molecule has 128 valence electrons. The summed E-state index contributed by atoms with van der Waals surface area (Å²) in [6, 6.07) is 10.7. The first-order valence-electron chi connectivity index (χ1n) is 7.47. The smallest absolute Gasteiger partial charge is 0.224 e. The van der Waals surface area contributed by atoms with Gasteiger partial charge in [-0.1, -0.05) is 12.1 Å². The van der Waals surface area contributed by atoms with Crippen LogP contribution in [0.1, 0.15) is 11.1 Å². The minimum absolute atomic E-state index is 0.0975. The molecule has 6 nitrogen and oxygen atoms in total. The van der Waals surface area contributed by atoms with Gasteiger partial charge in [0.2, 0.25) is 5.91 Å². The van der Waals surface area contributed by atoms with Crippen LogP contribution < -0.4 is 25.3 Å². The van der Waals surface area contributed by atoms with E-state index < -0.39 is 0 Å². The number of methoxy groups -OCH3 is 3. The second-order valence-corrected chi connectivity index (χ2v) is 5.21. The Bertz CT molecular complexity index is 674. The second-order valence-electron chi connectivity index (χ2n) is 5.21. The molecule has 0 aliphatic rings. The fraction of sp³-hybridized carbons (Fsp3) is 0.278. The zero-order valence-electron chi connectivity index (χ0n) is 14.1. The summed E-state index contributed by atoms with van der Waals surface area (Å²) in [6.45, 7) is 0.296. The van der Waals surface area contributed by atoms with E-state index in [1.54, 1.807) is 45.6 Å². The van der Waals surface area contributed by atoms with Crippen LogP contribution in [-0.2, 0) is 17.8 Å². The molecule has 1 amide bonds. The van der Waals surface area contributed by atoms with Crippen molar-refractivity contribution in [3.8, 4) is 17.2 Å². The Hall–Kier alpha value is -2.89. The van der Waals surface area contributed by atoms with E-state index in [2.05, 4.69) is 5.32 Å². The summed E-state index contributed by atoms with van der Waals surface area (Å²) in [5.41, 5.74) is 7.97. The first-order valence-corrected chi connectivity index (χ1v) is 7.47. The summed E-state index contributed by atoms with van der Waals surface area (Å²) in [7, 11) is 4.70. The molecule has 2 rings (SSSR count). The minimum atomic E-state index is -0.0975. The molecule has 0 heterocycles. The van der Waals surface area contributed by atoms with Crippen LogP contribution in [0.2, 0.25) is 0 Å². The quantitative estimate of drug-likeness (QED) is 0.760. The molecule has 0 saturated carbocycles. The monoisotopic (exact) mass is 330 g/mol. The third kappa shape index (κ3) is 4.32. The zero-order valence-corrected chi connectivity index (χ0v) is 14.1. The lowest BCUT2D eigenvalue weighted by molar-refractivity contribution is -0.120. The van der Waals surface area contributed by atoms with E-state index in [0.717, 1.165) is 11.1 Å². The highest BCUT2D eigenvalue weighted by Gasteiger charge is 2.14. The highest BCUT2D eigenvalue weighted by molar-refractivity contribution is 5.78. The van der Waals surface area contributed by atoms with Crippen molar-refractivity contribution in [3.05, 3.63) is 47.5 Å². The number of rotatable bonds is 7. The van der Waals surface area contributed by atoms with Gasteiger partial charge >= 0.3 is 0 Å². The molecule has 0 fully saturated rings. The number of carbonyl (C=O) groups is 1. The summed E-state index contributed by atoms with van der Waals surface area (Å²) in [5.74, 6) is 1.72. The van der Waals surface area contributed by atoms with Crippen LogP contribution in [-0.4, -0.2) is 27.2 Å². The SMILES string of the molecule is COc1cc(OC)c(CNC(=O)Cc2ccc(N)cc2)c(OC)c1. The molecule has 2 aromatic carbocycles. The average molecular weight is 330 g/mol. The van der Waals surface area contributed by atoms with Gasteiger partial charge in [0.05, 0.1) is 39.9 Å². The predicted molar refractivity (Wildman–Crippen MR) is 92.5 cm³/mol. The molecular formula is C18H22N2O4. The van der Waals surface area contributed by atoms with Crippen molar-refractivity contribution in [1.29, 1.82) is 0 Å². The van der Waals surface area contributed by atoms with Gasteiger partial charge in [0.1, 0.15) is 17.2 Å². The lowest BCUT2D eigenvalue weighted by Crippen LogP contribution is -2.25. The lowest BCUT2D eigenvalue weighted by atomic mass is 10.1. The third-order valence-electron chi connectivity index (χ3n) is 3.62. The van der Waals surface area contributed by atoms with Gasteiger partial charge in [-0.25, -0.2) is 0 Å². The average Bonchev–Trinajstić information content (AvgIpc) is 2.61. The predicted octanol–water partition coefficient (Wildman–Crippen LogP) is 2.15. The van der Waals surface area contributed by atoms with Gasteiger partial charge < -0.3 is 25.3 Å². The molecular weight excluding hydrogens is 308 g/mol. The van der Waals surface area contributed by atoms with Crippen LogP contribution in [0.15, 0.2) is 36.4 Å². The van der Waals surface area contributed by atoms with Gasteiger partial charge in [-0.05, 0) is 17.7 Å². The van der Waals surface area contributed by atoms with Crippen molar-refractivity contribution in [2.45, 2.75) is 13.0 Å². The summed E-state index contributed by atoms with van der Waals surface area (Å²) < 4.78 is 15.9. The van der Waals surface area contributed by atoms with E-state index in [9.17, 15) is 4.79 Å². The van der Waals surface area contributed by atoms with E-state index in [-0.39, 0.29) is 12.3 Å². The van der Waals surface area contributed by atoms with Crippen molar-refractivity contribution in [3.63, 3.8) is 0 Å². The Morgan fingerprint density at radius 2 is 1.58 bits per heavy atom. The number of nitrogens with one attached hydrogen (secondary N) is 1. The van der Waals surface area contributed by atoms with E-state index in [1.807, 2.05) is 12.1 Å². The van der Waals surface area contributed by atoms with E-state index in [0.29, 0.717) is 29.5 Å². The fourth-order valence-electron chi connectivity index (χ4n) is 2.32. The molecule has 0 radical (unpaired) electrons. The van der Waals surface area contributed by atoms with E-state index >= 15 is 0 Å². The number of hydrogen-bond acceptors (Lipinski definition) is 5. The Morgan fingerprint density at radius 1 is 1.00 bits per heavy atom. The first kappa shape index (κ1) is 17.5. The zero-order chi connectivity index (χ0) is 17.5. The number of carbonyl (C=O) groups excluding carboxylic acids is 1. The molecule has 0 unspecified atom stereocenters. The van der Waals surface area contributed by atoms with Crippen LogP contribution in [0.3, 0.4) is 0 Å². The largest absolute Gasteiger partial charge is 0.496 e. The number of anilines is 1. The summed E-state index contributed by atoms with van der Waals surface area (Å²) >= 11 is 0. The number of hydrogen-bond donors (Lipinski definition) is 2. The molecule has 3 N–H and O–H groups in total. The van der Waals surface area contributed by atoms with Gasteiger partial charge in [-0.3, -0.25) is 4.79 Å². The Labute approximate surface area is 141 Å². The molecule has 24 heavy (non-hydrogen) atoms. The van der Waals surface area contributed by atoms with Gasteiger partial charge in [-0.2, -0.15) is 0 Å². The van der Waals surface area contributed by atoms with Gasteiger partial charge in [0, 0.05) is 17.8 Å². The second kappa shape index (κ2) is 8.10. The maximum absolute atomic E-state index is 12.1. The van der Waals surface area contributed by atoms with Gasteiger partial charge in [0.25, 0.3) is 0 Å². The molecule has 6 heteroatoms. The van der Waals surface area contributed by atoms with Crippen molar-refractivity contribution < 1.29 is 19.0 Å². The Morgan fingerprint density at radius 3 is 2.08 bits per heavy atom. The van der Waals surface area contributed by atoms with E-state index in [4.69, 9.17) is 19.9 Å². The number of amides is 1. The van der Waals surface area contributed by atoms with Crippen LogP contribution in [0.25, 0.3) is 0 Å². The molecule has 0 spiro atoms. The molecule has 0 saturated heterocycles. The standard InChI is InChI=1S/C18H22N2O4/c1-22-14-9-16(23-2)15(17(10-14)24-3)11-20-18(21)8-12-4-6-13(19)7-5-12/h4-7,9-10H,8,11,19H2,1-3H3,(H,20,21). The molecule has 0 bridgehead atoms. The van der Waals surface area contributed by atoms with Crippen LogP contribution in [0.5, 0.6) is 17.2 Å².